The van der Waals surface area contributed by atoms with Crippen LogP contribution >= 0.6 is 11.6 Å². The fourth-order valence-corrected chi connectivity index (χ4v) is 2.89. The van der Waals surface area contributed by atoms with Gasteiger partial charge in [-0.2, -0.15) is 0 Å². The second-order valence-electron chi connectivity index (χ2n) is 6.28. The van der Waals surface area contributed by atoms with E-state index >= 15 is 0 Å². The van der Waals surface area contributed by atoms with Crippen molar-refractivity contribution in [3.63, 3.8) is 0 Å². The van der Waals surface area contributed by atoms with Gasteiger partial charge in [-0.05, 0) is 55.0 Å². The van der Waals surface area contributed by atoms with Crippen molar-refractivity contribution in [1.82, 2.24) is 5.32 Å². The molecule has 0 fully saturated rings. The van der Waals surface area contributed by atoms with E-state index in [1.807, 2.05) is 6.92 Å². The van der Waals surface area contributed by atoms with E-state index in [0.717, 1.165) is 5.75 Å². The molecular formula is C23H26ClNO7. The normalized spacial score (nSPS) is 10.5. The van der Waals surface area contributed by atoms with Crippen molar-refractivity contribution >= 4 is 29.6 Å². The van der Waals surface area contributed by atoms with Gasteiger partial charge >= 0.3 is 5.97 Å². The highest BCUT2D eigenvalue weighted by molar-refractivity contribution is 6.32. The van der Waals surface area contributed by atoms with Crippen LogP contribution in [0.1, 0.15) is 12.5 Å². The fraction of sp³-hybridized carbons (Fsp3) is 0.304. The average molecular weight is 464 g/mol. The number of carbonyl (C=O) groups is 2. The van der Waals surface area contributed by atoms with E-state index in [4.69, 9.17) is 35.3 Å². The van der Waals surface area contributed by atoms with Crippen LogP contribution in [0.5, 0.6) is 23.0 Å². The Bertz CT molecular complexity index is 929. The largest absolute Gasteiger partial charge is 0.494 e. The number of nitrogens with one attached hydrogen (secondary N) is 1. The van der Waals surface area contributed by atoms with Crippen LogP contribution in [0.3, 0.4) is 0 Å². The van der Waals surface area contributed by atoms with Crippen molar-refractivity contribution in [3.8, 4) is 23.0 Å². The first-order chi connectivity index (χ1) is 15.5. The Kier molecular flexibility index (Phi) is 10.2. The maximum absolute atomic E-state index is 11.9. The van der Waals surface area contributed by atoms with E-state index in [-0.39, 0.29) is 13.2 Å². The molecule has 0 spiro atoms. The van der Waals surface area contributed by atoms with E-state index in [2.05, 4.69) is 5.32 Å². The minimum absolute atomic E-state index is 0.267. The van der Waals surface area contributed by atoms with E-state index in [0.29, 0.717) is 34.4 Å². The lowest BCUT2D eigenvalue weighted by Crippen LogP contribution is -2.31. The summed E-state index contributed by atoms with van der Waals surface area (Å²) in [4.78, 5) is 23.7. The molecule has 2 aromatic rings. The minimum atomic E-state index is -0.670. The Hall–Kier alpha value is -3.39. The molecule has 1 amide bonds. The fourth-order valence-electron chi connectivity index (χ4n) is 2.59. The molecule has 8 nitrogen and oxygen atoms in total. The first-order valence-electron chi connectivity index (χ1n) is 9.85. The molecule has 32 heavy (non-hydrogen) atoms. The summed E-state index contributed by atoms with van der Waals surface area (Å²) in [6, 6.07) is 10.5. The van der Waals surface area contributed by atoms with E-state index in [1.165, 1.54) is 26.4 Å². The molecule has 0 unspecified atom stereocenters. The Morgan fingerprint density at radius 1 is 1.03 bits per heavy atom. The predicted molar refractivity (Wildman–Crippen MR) is 121 cm³/mol. The molecule has 0 atom stereocenters. The number of amides is 1. The van der Waals surface area contributed by atoms with Gasteiger partial charge in [0.05, 0.1) is 32.4 Å². The zero-order chi connectivity index (χ0) is 23.3. The van der Waals surface area contributed by atoms with Crippen molar-refractivity contribution in [2.45, 2.75) is 6.92 Å². The maximum atomic E-state index is 11.9. The molecule has 0 aliphatic carbocycles. The van der Waals surface area contributed by atoms with Gasteiger partial charge in [-0.25, -0.2) is 4.79 Å². The highest BCUT2D eigenvalue weighted by Crippen LogP contribution is 2.36. The first-order valence-corrected chi connectivity index (χ1v) is 10.2. The summed E-state index contributed by atoms with van der Waals surface area (Å²) in [7, 11) is 2.96. The second kappa shape index (κ2) is 13.1. The van der Waals surface area contributed by atoms with E-state index in [9.17, 15) is 9.59 Å². The van der Waals surface area contributed by atoms with Gasteiger partial charge in [0.15, 0.2) is 18.1 Å². The minimum Gasteiger partial charge on any atom is -0.494 e. The number of halogens is 1. The third-order valence-corrected chi connectivity index (χ3v) is 4.32. The van der Waals surface area contributed by atoms with Crippen molar-refractivity contribution in [1.29, 1.82) is 0 Å². The lowest BCUT2D eigenvalue weighted by atomic mass is 10.2. The van der Waals surface area contributed by atoms with E-state index < -0.39 is 18.5 Å². The van der Waals surface area contributed by atoms with Crippen LogP contribution < -0.4 is 24.3 Å². The van der Waals surface area contributed by atoms with Crippen molar-refractivity contribution in [2.75, 3.05) is 40.6 Å². The van der Waals surface area contributed by atoms with Crippen LogP contribution in [0.2, 0.25) is 5.02 Å². The van der Waals surface area contributed by atoms with Crippen molar-refractivity contribution in [3.05, 3.63) is 53.1 Å². The Labute approximate surface area is 192 Å². The molecule has 2 aromatic carbocycles. The molecule has 0 saturated heterocycles. The van der Waals surface area contributed by atoms with E-state index in [1.54, 1.807) is 36.4 Å². The Balaban J connectivity index is 1.70. The van der Waals surface area contributed by atoms with Crippen LogP contribution in [0, 0.1) is 0 Å². The molecule has 0 aromatic heterocycles. The smallest absolute Gasteiger partial charge is 0.331 e. The predicted octanol–water partition coefficient (Wildman–Crippen LogP) is 3.51. The lowest BCUT2D eigenvalue weighted by Gasteiger charge is -2.10. The first kappa shape index (κ1) is 24.9. The Morgan fingerprint density at radius 3 is 2.34 bits per heavy atom. The zero-order valence-corrected chi connectivity index (χ0v) is 18.9. The number of methoxy groups -OCH3 is 2. The summed E-state index contributed by atoms with van der Waals surface area (Å²) in [6.07, 6.45) is 2.69. The summed E-state index contributed by atoms with van der Waals surface area (Å²) in [5.41, 5.74) is 0.612. The van der Waals surface area contributed by atoms with Crippen molar-refractivity contribution in [2.24, 2.45) is 0 Å². The molecular weight excluding hydrogens is 438 g/mol. The molecule has 0 aliphatic heterocycles. The number of ether oxygens (including phenoxy) is 5. The molecule has 0 aliphatic rings. The van der Waals surface area contributed by atoms with Crippen LogP contribution in [0.4, 0.5) is 0 Å². The summed E-state index contributed by atoms with van der Waals surface area (Å²) >= 11 is 6.13. The molecule has 1 N–H and O–H groups in total. The average Bonchev–Trinajstić information content (AvgIpc) is 2.79. The van der Waals surface area contributed by atoms with Gasteiger partial charge in [-0.3, -0.25) is 4.79 Å². The van der Waals surface area contributed by atoms with Gasteiger partial charge < -0.3 is 29.0 Å². The van der Waals surface area contributed by atoms with Crippen LogP contribution in [-0.4, -0.2) is 52.5 Å². The van der Waals surface area contributed by atoms with Gasteiger partial charge in [0.25, 0.3) is 5.91 Å². The lowest BCUT2D eigenvalue weighted by molar-refractivity contribution is -0.143. The van der Waals surface area contributed by atoms with Crippen LogP contribution in [-0.2, 0) is 14.3 Å². The summed E-state index contributed by atoms with van der Waals surface area (Å²) in [6.45, 7) is 2.64. The summed E-state index contributed by atoms with van der Waals surface area (Å²) in [5.74, 6) is 1.15. The molecule has 0 radical (unpaired) electrons. The number of esters is 1. The van der Waals surface area contributed by atoms with Crippen molar-refractivity contribution < 1.29 is 33.3 Å². The molecule has 0 heterocycles. The quantitative estimate of drug-likeness (QED) is 0.292. The monoisotopic (exact) mass is 463 g/mol. The molecule has 172 valence electrons. The summed E-state index contributed by atoms with van der Waals surface area (Å²) < 4.78 is 26.2. The molecule has 9 heteroatoms. The third-order valence-electron chi connectivity index (χ3n) is 4.04. The second-order valence-corrected chi connectivity index (χ2v) is 6.69. The topological polar surface area (TPSA) is 92.3 Å². The maximum Gasteiger partial charge on any atom is 0.331 e. The van der Waals surface area contributed by atoms with Crippen LogP contribution in [0.25, 0.3) is 6.08 Å². The van der Waals surface area contributed by atoms with Gasteiger partial charge in [-0.1, -0.05) is 11.6 Å². The number of rotatable bonds is 12. The SMILES string of the molecule is CCOc1ccc(OCCNC(=O)COC(=O)/C=C/c2cc(Cl)c(OC)c(OC)c2)cc1. The van der Waals surface area contributed by atoms with Gasteiger partial charge in [0, 0.05) is 6.08 Å². The number of carbonyl (C=O) groups excluding carboxylic acids is 2. The highest BCUT2D eigenvalue weighted by atomic mass is 35.5. The standard InChI is InChI=1S/C23H26ClNO7/c1-4-30-17-6-8-18(9-7-17)31-12-11-25-21(26)15-32-22(27)10-5-16-13-19(24)23(29-3)20(14-16)28-2/h5-10,13-14H,4,11-12,15H2,1-3H3,(H,25,26)/b10-5+. The molecule has 0 bridgehead atoms. The van der Waals surface area contributed by atoms with Gasteiger partial charge in [-0.15, -0.1) is 0 Å². The summed E-state index contributed by atoms with van der Waals surface area (Å²) in [5, 5.41) is 2.95. The van der Waals surface area contributed by atoms with Gasteiger partial charge in [0.2, 0.25) is 0 Å². The third kappa shape index (κ3) is 8.03. The van der Waals surface area contributed by atoms with Gasteiger partial charge in [0.1, 0.15) is 18.1 Å². The number of hydrogen-bond acceptors (Lipinski definition) is 7. The number of benzene rings is 2. The molecule has 2 rings (SSSR count). The van der Waals surface area contributed by atoms with Crippen LogP contribution in [0.15, 0.2) is 42.5 Å². The Morgan fingerprint density at radius 2 is 1.72 bits per heavy atom. The zero-order valence-electron chi connectivity index (χ0n) is 18.2. The molecule has 0 saturated carbocycles. The highest BCUT2D eigenvalue weighted by Gasteiger charge is 2.10. The number of hydrogen-bond donors (Lipinski definition) is 1.